The smallest absolute Gasteiger partial charge is 0.282 e. The molecule has 2 amide bonds. The molecule has 14 heteroatoms. The topological polar surface area (TPSA) is 103 Å². The van der Waals surface area contributed by atoms with Crippen molar-refractivity contribution in [1.82, 2.24) is 20.1 Å². The number of halogens is 7. The fourth-order valence-corrected chi connectivity index (χ4v) is 5.19. The van der Waals surface area contributed by atoms with E-state index in [1.165, 1.54) is 30.5 Å². The Balaban J connectivity index is 1.54. The summed E-state index contributed by atoms with van der Waals surface area (Å²) in [6, 6.07) is 8.06. The van der Waals surface area contributed by atoms with E-state index in [0.29, 0.717) is 23.6 Å². The second-order valence-electron chi connectivity index (χ2n) is 10.3. The Morgan fingerprint density at radius 1 is 0.955 bits per heavy atom. The zero-order valence-electron chi connectivity index (χ0n) is 22.7. The number of carbonyl (C=O) groups is 2. The molecule has 1 atom stereocenters. The van der Waals surface area contributed by atoms with Crippen LogP contribution in [0.15, 0.2) is 54.7 Å². The first-order chi connectivity index (χ1) is 20.9. The zero-order chi connectivity index (χ0) is 31.7. The molecular weight excluding hydrogens is 595 g/mol. The average molecular weight is 620 g/mol. The Morgan fingerprint density at radius 2 is 1.66 bits per heavy atom. The third-order valence-electron chi connectivity index (χ3n) is 7.16. The first-order valence-electron chi connectivity index (χ1n) is 13.4. The molecular formula is C30H24F7N5O2. The van der Waals surface area contributed by atoms with Crippen molar-refractivity contribution in [3.05, 3.63) is 106 Å². The van der Waals surface area contributed by atoms with Crippen molar-refractivity contribution in [2.75, 3.05) is 0 Å². The standard InChI is InChI=1S/C30H24F7N5O2/c31-17-8-14(9-18(32)12-17)10-22(25-19(2-1-7-39-25)16-5-6-21(33)20(11-16)30(38)44)40-23(43)13-42-27(29(36)37)24(15-3-4-15)26(41-42)28(34)35/h1-2,5-9,11-12,15,22,28-29H,3-4,10,13H2,(H2,38,44)(H,40,43)/t22-/m0/s1. The van der Waals surface area contributed by atoms with Gasteiger partial charge < -0.3 is 11.1 Å². The van der Waals surface area contributed by atoms with Gasteiger partial charge in [-0.05, 0) is 66.6 Å². The van der Waals surface area contributed by atoms with Crippen molar-refractivity contribution in [1.29, 1.82) is 0 Å². The zero-order valence-corrected chi connectivity index (χ0v) is 22.7. The van der Waals surface area contributed by atoms with Gasteiger partial charge in [0.05, 0.1) is 17.3 Å². The molecule has 0 saturated heterocycles. The van der Waals surface area contributed by atoms with Crippen molar-refractivity contribution < 1.29 is 40.3 Å². The van der Waals surface area contributed by atoms with Crippen LogP contribution >= 0.6 is 0 Å². The Bertz CT molecular complexity index is 1700. The fourth-order valence-electron chi connectivity index (χ4n) is 5.19. The molecule has 0 spiro atoms. The second-order valence-corrected chi connectivity index (χ2v) is 10.3. The quantitative estimate of drug-likeness (QED) is 0.192. The van der Waals surface area contributed by atoms with E-state index >= 15 is 0 Å². The van der Waals surface area contributed by atoms with Gasteiger partial charge in [0, 0.05) is 23.4 Å². The minimum Gasteiger partial charge on any atom is -0.366 e. The third-order valence-corrected chi connectivity index (χ3v) is 7.16. The van der Waals surface area contributed by atoms with Crippen molar-refractivity contribution in [3.63, 3.8) is 0 Å². The molecule has 0 aliphatic heterocycles. The Kier molecular flexibility index (Phi) is 8.70. The minimum absolute atomic E-state index is 0.0877. The molecule has 0 unspecified atom stereocenters. The highest BCUT2D eigenvalue weighted by atomic mass is 19.3. The molecule has 5 rings (SSSR count). The van der Waals surface area contributed by atoms with Crippen LogP contribution in [0.25, 0.3) is 11.1 Å². The predicted octanol–water partition coefficient (Wildman–Crippen LogP) is 6.31. The van der Waals surface area contributed by atoms with Crippen LogP contribution in [-0.4, -0.2) is 26.6 Å². The van der Waals surface area contributed by atoms with Gasteiger partial charge in [-0.2, -0.15) is 5.10 Å². The summed E-state index contributed by atoms with van der Waals surface area (Å²) in [5.74, 6) is -5.17. The van der Waals surface area contributed by atoms with Crippen LogP contribution in [0.5, 0.6) is 0 Å². The molecule has 2 heterocycles. The monoisotopic (exact) mass is 619 g/mol. The molecule has 2 aromatic heterocycles. The molecule has 44 heavy (non-hydrogen) atoms. The van der Waals surface area contributed by atoms with Gasteiger partial charge in [-0.15, -0.1) is 0 Å². The summed E-state index contributed by atoms with van der Waals surface area (Å²) in [5.41, 5.74) is 3.75. The number of nitrogens with one attached hydrogen (secondary N) is 1. The number of nitrogens with zero attached hydrogens (tertiary/aromatic N) is 3. The summed E-state index contributed by atoms with van der Waals surface area (Å²) in [5, 5.41) is 6.24. The third kappa shape index (κ3) is 6.58. The largest absolute Gasteiger partial charge is 0.366 e. The fraction of sp³-hybridized carbons (Fsp3) is 0.267. The van der Waals surface area contributed by atoms with E-state index < -0.39 is 77.6 Å². The summed E-state index contributed by atoms with van der Waals surface area (Å²) in [7, 11) is 0. The number of carbonyl (C=O) groups excluding carboxylic acids is 2. The highest BCUT2D eigenvalue weighted by Crippen LogP contribution is 2.47. The number of primary amides is 1. The summed E-state index contributed by atoms with van der Waals surface area (Å²) < 4.78 is 98.5. The van der Waals surface area contributed by atoms with E-state index in [1.807, 2.05) is 0 Å². The van der Waals surface area contributed by atoms with Crippen molar-refractivity contribution in [2.45, 2.75) is 50.6 Å². The van der Waals surface area contributed by atoms with Gasteiger partial charge in [-0.25, -0.2) is 30.7 Å². The van der Waals surface area contributed by atoms with Gasteiger partial charge in [0.2, 0.25) is 5.91 Å². The molecule has 2 aromatic carbocycles. The lowest BCUT2D eigenvalue weighted by Gasteiger charge is -2.22. The van der Waals surface area contributed by atoms with Crippen LogP contribution in [0.4, 0.5) is 30.7 Å². The summed E-state index contributed by atoms with van der Waals surface area (Å²) in [6.07, 6.45) is -4.36. The van der Waals surface area contributed by atoms with Crippen LogP contribution in [0.2, 0.25) is 0 Å². The maximum Gasteiger partial charge on any atom is 0.282 e. The van der Waals surface area contributed by atoms with Crippen LogP contribution in [0.1, 0.15) is 76.2 Å². The molecule has 1 saturated carbocycles. The Labute approximate surface area is 245 Å². The first-order valence-corrected chi connectivity index (χ1v) is 13.4. The van der Waals surface area contributed by atoms with Crippen LogP contribution in [-0.2, 0) is 17.8 Å². The molecule has 7 nitrogen and oxygen atoms in total. The Hall–Kier alpha value is -4.75. The number of amides is 2. The van der Waals surface area contributed by atoms with E-state index in [4.69, 9.17) is 5.73 Å². The van der Waals surface area contributed by atoms with E-state index in [2.05, 4.69) is 15.4 Å². The lowest BCUT2D eigenvalue weighted by Crippen LogP contribution is -2.34. The lowest BCUT2D eigenvalue weighted by molar-refractivity contribution is -0.122. The molecule has 230 valence electrons. The molecule has 0 radical (unpaired) electrons. The van der Waals surface area contributed by atoms with Gasteiger partial charge in [0.1, 0.15) is 35.4 Å². The molecule has 0 bridgehead atoms. The first kappa shape index (κ1) is 30.7. The molecule has 1 aliphatic carbocycles. The van der Waals surface area contributed by atoms with Gasteiger partial charge in [0.15, 0.2) is 0 Å². The van der Waals surface area contributed by atoms with Crippen LogP contribution in [0.3, 0.4) is 0 Å². The van der Waals surface area contributed by atoms with Gasteiger partial charge in [-0.3, -0.25) is 19.3 Å². The summed E-state index contributed by atoms with van der Waals surface area (Å²) >= 11 is 0. The number of nitrogens with two attached hydrogens (primary N) is 1. The SMILES string of the molecule is NC(=O)c1cc(-c2cccnc2[C@H](Cc2cc(F)cc(F)c2)NC(=O)Cn2nc(C(F)F)c(C3CC3)c2C(F)F)ccc1F. The summed E-state index contributed by atoms with van der Waals surface area (Å²) in [6.45, 7) is -0.870. The predicted molar refractivity (Wildman–Crippen MR) is 143 cm³/mol. The van der Waals surface area contributed by atoms with Gasteiger partial charge >= 0.3 is 0 Å². The lowest BCUT2D eigenvalue weighted by atomic mass is 9.94. The molecule has 3 N–H and O–H groups in total. The van der Waals surface area contributed by atoms with Gasteiger partial charge in [-0.1, -0.05) is 12.1 Å². The average Bonchev–Trinajstić information content (AvgIpc) is 3.72. The highest BCUT2D eigenvalue weighted by molar-refractivity contribution is 5.94. The van der Waals surface area contributed by atoms with Crippen molar-refractivity contribution in [2.24, 2.45) is 5.73 Å². The van der Waals surface area contributed by atoms with E-state index in [9.17, 15) is 40.3 Å². The number of aromatic nitrogens is 3. The van der Waals surface area contributed by atoms with Gasteiger partial charge in [0.25, 0.3) is 18.8 Å². The molecule has 1 aliphatic rings. The number of rotatable bonds is 11. The maximum atomic E-state index is 14.2. The second kappa shape index (κ2) is 12.5. The number of pyridine rings is 1. The molecule has 1 fully saturated rings. The van der Waals surface area contributed by atoms with Crippen molar-refractivity contribution >= 4 is 11.8 Å². The summed E-state index contributed by atoms with van der Waals surface area (Å²) in [4.78, 5) is 29.4. The highest BCUT2D eigenvalue weighted by Gasteiger charge is 2.38. The Morgan fingerprint density at radius 3 is 2.27 bits per heavy atom. The number of hydrogen-bond acceptors (Lipinski definition) is 4. The number of benzene rings is 2. The maximum absolute atomic E-state index is 14.2. The molecule has 4 aromatic rings. The normalized spacial score (nSPS) is 13.8. The number of hydrogen-bond donors (Lipinski definition) is 2. The number of alkyl halides is 4. The minimum atomic E-state index is -3.19. The van der Waals surface area contributed by atoms with Crippen LogP contribution in [0, 0.1) is 17.5 Å². The van der Waals surface area contributed by atoms with Crippen LogP contribution < -0.4 is 11.1 Å². The van der Waals surface area contributed by atoms with Crippen molar-refractivity contribution in [3.8, 4) is 11.1 Å². The van der Waals surface area contributed by atoms with E-state index in [-0.39, 0.29) is 34.4 Å². The van der Waals surface area contributed by atoms with E-state index in [1.54, 1.807) is 0 Å². The van der Waals surface area contributed by atoms with E-state index in [0.717, 1.165) is 18.2 Å².